The van der Waals surface area contributed by atoms with Crippen LogP contribution < -0.4 is 0 Å². The van der Waals surface area contributed by atoms with Crippen LogP contribution in [-0.4, -0.2) is 28.5 Å². The molecule has 3 nitrogen and oxygen atoms in total. The molecule has 2 heterocycles. The first kappa shape index (κ1) is 8.75. The van der Waals surface area contributed by atoms with E-state index in [0.29, 0.717) is 11.5 Å². The Morgan fingerprint density at radius 3 is 2.85 bits per heavy atom. The van der Waals surface area contributed by atoms with Crippen LogP contribution in [0.2, 0.25) is 0 Å². The van der Waals surface area contributed by atoms with E-state index in [-0.39, 0.29) is 0 Å². The molecule has 1 N–H and O–H groups in total. The second kappa shape index (κ2) is 2.84. The van der Waals surface area contributed by atoms with Crippen LogP contribution in [0.1, 0.15) is 32.1 Å². The molecule has 1 fully saturated rings. The van der Waals surface area contributed by atoms with Gasteiger partial charge in [0.25, 0.3) is 0 Å². The van der Waals surface area contributed by atoms with Crippen molar-refractivity contribution in [2.75, 3.05) is 13.6 Å². The molecule has 1 aliphatic rings. The fourth-order valence-corrected chi connectivity index (χ4v) is 2.29. The zero-order valence-corrected chi connectivity index (χ0v) is 8.54. The molecule has 1 aliphatic heterocycles. The molecule has 0 aromatic carbocycles. The second-order valence-corrected chi connectivity index (χ2v) is 4.77. The summed E-state index contributed by atoms with van der Waals surface area (Å²) in [5.41, 5.74) is 0.423. The minimum absolute atomic E-state index is 0.423. The van der Waals surface area contributed by atoms with Gasteiger partial charge in [0.05, 0.1) is 6.04 Å². The number of aromatic amines is 1. The lowest BCUT2D eigenvalue weighted by atomic mass is 9.90. The van der Waals surface area contributed by atoms with E-state index >= 15 is 0 Å². The lowest BCUT2D eigenvalue weighted by molar-refractivity contribution is 0.293. The Labute approximate surface area is 79.2 Å². The Hall–Kier alpha value is -0.830. The monoisotopic (exact) mass is 179 g/mol. The van der Waals surface area contributed by atoms with E-state index in [1.807, 2.05) is 12.4 Å². The van der Waals surface area contributed by atoms with Gasteiger partial charge in [-0.25, -0.2) is 4.98 Å². The zero-order valence-electron chi connectivity index (χ0n) is 8.54. The van der Waals surface area contributed by atoms with Crippen LogP contribution in [0.25, 0.3) is 0 Å². The van der Waals surface area contributed by atoms with E-state index in [2.05, 4.69) is 35.8 Å². The van der Waals surface area contributed by atoms with Crippen molar-refractivity contribution >= 4 is 0 Å². The lowest BCUT2D eigenvalue weighted by Crippen LogP contribution is -2.20. The molecule has 0 saturated carbocycles. The summed E-state index contributed by atoms with van der Waals surface area (Å²) in [6, 6.07) is 0.477. The molecule has 1 aromatic heterocycles. The maximum absolute atomic E-state index is 4.32. The first-order valence-electron chi connectivity index (χ1n) is 4.78. The van der Waals surface area contributed by atoms with Crippen LogP contribution in [0.3, 0.4) is 0 Å². The van der Waals surface area contributed by atoms with Gasteiger partial charge in [-0.1, -0.05) is 13.8 Å². The third-order valence-corrected chi connectivity index (χ3v) is 2.79. The summed E-state index contributed by atoms with van der Waals surface area (Å²) in [6.45, 7) is 5.78. The van der Waals surface area contributed by atoms with Gasteiger partial charge in [0.1, 0.15) is 5.82 Å². The number of H-pyrrole nitrogens is 1. The highest BCUT2D eigenvalue weighted by atomic mass is 15.2. The summed E-state index contributed by atoms with van der Waals surface area (Å²) in [4.78, 5) is 9.89. The predicted octanol–water partition coefficient (Wildman–Crippen LogP) is 1.81. The number of likely N-dealkylation sites (tertiary alicyclic amines) is 1. The SMILES string of the molecule is CN1CC(C)(C)CC1c1ncc[nH]1. The molecular weight excluding hydrogens is 162 g/mol. The highest BCUT2D eigenvalue weighted by molar-refractivity contribution is 5.02. The molecule has 1 unspecified atom stereocenters. The quantitative estimate of drug-likeness (QED) is 0.713. The summed E-state index contributed by atoms with van der Waals surface area (Å²) < 4.78 is 0. The first-order chi connectivity index (χ1) is 6.08. The van der Waals surface area contributed by atoms with Gasteiger partial charge in [-0.3, -0.25) is 4.90 Å². The van der Waals surface area contributed by atoms with Gasteiger partial charge in [0.15, 0.2) is 0 Å². The van der Waals surface area contributed by atoms with Crippen molar-refractivity contribution in [3.05, 3.63) is 18.2 Å². The maximum Gasteiger partial charge on any atom is 0.123 e. The van der Waals surface area contributed by atoms with Crippen molar-refractivity contribution < 1.29 is 0 Å². The van der Waals surface area contributed by atoms with Gasteiger partial charge >= 0.3 is 0 Å². The van der Waals surface area contributed by atoms with Gasteiger partial charge in [0.2, 0.25) is 0 Å². The van der Waals surface area contributed by atoms with Crippen LogP contribution in [0.5, 0.6) is 0 Å². The van der Waals surface area contributed by atoms with Crippen molar-refractivity contribution in [2.45, 2.75) is 26.3 Å². The van der Waals surface area contributed by atoms with E-state index in [9.17, 15) is 0 Å². The summed E-state index contributed by atoms with van der Waals surface area (Å²) in [5, 5.41) is 0. The third-order valence-electron chi connectivity index (χ3n) is 2.79. The molecule has 0 bridgehead atoms. The molecule has 1 saturated heterocycles. The summed E-state index contributed by atoms with van der Waals surface area (Å²) in [6.07, 6.45) is 4.92. The van der Waals surface area contributed by atoms with Crippen LogP contribution in [-0.2, 0) is 0 Å². The van der Waals surface area contributed by atoms with Crippen molar-refractivity contribution in [3.63, 3.8) is 0 Å². The number of nitrogens with zero attached hydrogens (tertiary/aromatic N) is 2. The lowest BCUT2D eigenvalue weighted by Gasteiger charge is -2.16. The summed E-state index contributed by atoms with van der Waals surface area (Å²) >= 11 is 0. The molecule has 0 amide bonds. The smallest absolute Gasteiger partial charge is 0.123 e. The second-order valence-electron chi connectivity index (χ2n) is 4.77. The predicted molar refractivity (Wildman–Crippen MR) is 52.4 cm³/mol. The normalized spacial score (nSPS) is 28.1. The van der Waals surface area contributed by atoms with Gasteiger partial charge < -0.3 is 4.98 Å². The maximum atomic E-state index is 4.32. The molecule has 3 heteroatoms. The fraction of sp³-hybridized carbons (Fsp3) is 0.700. The van der Waals surface area contributed by atoms with Gasteiger partial charge in [-0.05, 0) is 18.9 Å². The minimum Gasteiger partial charge on any atom is -0.347 e. The van der Waals surface area contributed by atoms with Crippen LogP contribution >= 0.6 is 0 Å². The van der Waals surface area contributed by atoms with Crippen LogP contribution in [0.15, 0.2) is 12.4 Å². The van der Waals surface area contributed by atoms with Gasteiger partial charge in [-0.15, -0.1) is 0 Å². The van der Waals surface area contributed by atoms with Crippen molar-refractivity contribution in [1.82, 2.24) is 14.9 Å². The molecule has 0 aliphatic carbocycles. The Balaban J connectivity index is 2.19. The topological polar surface area (TPSA) is 31.9 Å². The molecular formula is C10H17N3. The van der Waals surface area contributed by atoms with E-state index in [1.54, 1.807) is 0 Å². The first-order valence-corrected chi connectivity index (χ1v) is 4.78. The fourth-order valence-electron chi connectivity index (χ4n) is 2.29. The largest absolute Gasteiger partial charge is 0.347 e. The Bertz CT molecular complexity index is 276. The third kappa shape index (κ3) is 1.61. The molecule has 13 heavy (non-hydrogen) atoms. The number of rotatable bonds is 1. The highest BCUT2D eigenvalue weighted by Gasteiger charge is 2.36. The summed E-state index contributed by atoms with van der Waals surface area (Å²) in [5.74, 6) is 1.10. The summed E-state index contributed by atoms with van der Waals surface area (Å²) in [7, 11) is 2.17. The molecule has 0 spiro atoms. The average molecular weight is 179 g/mol. The molecule has 72 valence electrons. The van der Waals surface area contributed by atoms with E-state index < -0.39 is 0 Å². The molecule has 1 aromatic rings. The van der Waals surface area contributed by atoms with Crippen LogP contribution in [0, 0.1) is 5.41 Å². The number of imidazole rings is 1. The van der Waals surface area contributed by atoms with Crippen molar-refractivity contribution in [1.29, 1.82) is 0 Å². The Morgan fingerprint density at radius 2 is 2.38 bits per heavy atom. The van der Waals surface area contributed by atoms with Gasteiger partial charge in [-0.2, -0.15) is 0 Å². The number of hydrogen-bond acceptors (Lipinski definition) is 2. The van der Waals surface area contributed by atoms with E-state index in [0.717, 1.165) is 12.4 Å². The standard InChI is InChI=1S/C10H17N3/c1-10(2)6-8(13(3)7-10)9-11-4-5-12-9/h4-5,8H,6-7H2,1-3H3,(H,11,12). The Kier molecular flexibility index (Phi) is 1.91. The number of aromatic nitrogens is 2. The molecule has 0 radical (unpaired) electrons. The van der Waals surface area contributed by atoms with Gasteiger partial charge in [0, 0.05) is 18.9 Å². The molecule has 2 rings (SSSR count). The van der Waals surface area contributed by atoms with Crippen molar-refractivity contribution in [3.8, 4) is 0 Å². The van der Waals surface area contributed by atoms with Crippen molar-refractivity contribution in [2.24, 2.45) is 5.41 Å². The molecule has 1 atom stereocenters. The minimum atomic E-state index is 0.423. The average Bonchev–Trinajstić information content (AvgIpc) is 2.56. The highest BCUT2D eigenvalue weighted by Crippen LogP contribution is 2.40. The van der Waals surface area contributed by atoms with Crippen LogP contribution in [0.4, 0.5) is 0 Å². The number of hydrogen-bond donors (Lipinski definition) is 1. The van der Waals surface area contributed by atoms with E-state index in [4.69, 9.17) is 0 Å². The zero-order chi connectivity index (χ0) is 9.47. The number of nitrogens with one attached hydrogen (secondary N) is 1. The van der Waals surface area contributed by atoms with E-state index in [1.165, 1.54) is 6.42 Å². The Morgan fingerprint density at radius 1 is 1.62 bits per heavy atom.